The van der Waals surface area contributed by atoms with Crippen LogP contribution in [0.15, 0.2) is 35.3 Å². The van der Waals surface area contributed by atoms with Gasteiger partial charge in [-0.05, 0) is 12.5 Å². The number of hydrogen-bond donors (Lipinski definition) is 2. The molecule has 24 heavy (non-hydrogen) atoms. The third-order valence-corrected chi connectivity index (χ3v) is 3.29. The van der Waals surface area contributed by atoms with Crippen LogP contribution >= 0.6 is 24.0 Å². The van der Waals surface area contributed by atoms with Crippen molar-refractivity contribution in [2.24, 2.45) is 4.99 Å². The second-order valence-corrected chi connectivity index (χ2v) is 5.11. The summed E-state index contributed by atoms with van der Waals surface area (Å²) in [6.45, 7) is 5.17. The first-order valence-corrected chi connectivity index (χ1v) is 7.97. The Balaban J connectivity index is 0.00000529. The number of benzene rings is 1. The van der Waals surface area contributed by atoms with Gasteiger partial charge in [-0.3, -0.25) is 9.79 Å². The lowest BCUT2D eigenvalue weighted by Crippen LogP contribution is -2.40. The van der Waals surface area contributed by atoms with Crippen LogP contribution in [0.4, 0.5) is 0 Å². The van der Waals surface area contributed by atoms with Gasteiger partial charge in [-0.15, -0.1) is 24.0 Å². The molecular weight excluding hydrogens is 419 g/mol. The van der Waals surface area contributed by atoms with Crippen molar-refractivity contribution in [1.29, 1.82) is 0 Å². The van der Waals surface area contributed by atoms with Gasteiger partial charge in [0.25, 0.3) is 0 Å². The number of halogens is 1. The van der Waals surface area contributed by atoms with E-state index in [9.17, 15) is 4.79 Å². The largest absolute Gasteiger partial charge is 0.380 e. The van der Waals surface area contributed by atoms with E-state index in [1.54, 1.807) is 11.9 Å². The van der Waals surface area contributed by atoms with Crippen molar-refractivity contribution in [2.75, 3.05) is 40.4 Å². The zero-order valence-corrected chi connectivity index (χ0v) is 17.1. The smallest absolute Gasteiger partial charge is 0.224 e. The molecule has 1 amide bonds. The minimum absolute atomic E-state index is 0. The number of carbonyl (C=O) groups is 1. The fraction of sp³-hybridized carbons (Fsp3) is 0.529. The van der Waals surface area contributed by atoms with E-state index in [0.717, 1.165) is 5.56 Å². The molecule has 0 aliphatic heterocycles. The molecule has 0 unspecified atom stereocenters. The number of carbonyl (C=O) groups excluding carboxylic acids is 1. The molecule has 0 bridgehead atoms. The van der Waals surface area contributed by atoms with Gasteiger partial charge in [-0.1, -0.05) is 30.3 Å². The number of nitrogens with zero attached hydrogens (tertiary/aromatic N) is 2. The molecule has 0 fully saturated rings. The van der Waals surface area contributed by atoms with Crippen molar-refractivity contribution in [2.45, 2.75) is 19.9 Å². The maximum atomic E-state index is 12.1. The Morgan fingerprint density at radius 2 is 1.88 bits per heavy atom. The molecule has 0 heterocycles. The second kappa shape index (κ2) is 14.0. The Morgan fingerprint density at radius 3 is 2.50 bits per heavy atom. The van der Waals surface area contributed by atoms with E-state index in [4.69, 9.17) is 4.74 Å². The first-order chi connectivity index (χ1) is 11.2. The van der Waals surface area contributed by atoms with E-state index in [2.05, 4.69) is 15.6 Å². The summed E-state index contributed by atoms with van der Waals surface area (Å²) in [7, 11) is 3.53. The van der Waals surface area contributed by atoms with Crippen molar-refractivity contribution >= 4 is 35.8 Å². The highest BCUT2D eigenvalue weighted by molar-refractivity contribution is 14.0. The predicted molar refractivity (Wildman–Crippen MR) is 109 cm³/mol. The molecule has 7 heteroatoms. The molecule has 6 nitrogen and oxygen atoms in total. The minimum Gasteiger partial charge on any atom is -0.380 e. The quantitative estimate of drug-likeness (QED) is 0.262. The standard InChI is InChI=1S/C17H28N4O2.HI/c1-4-23-13-12-20-17(18-2)19-11-10-16(22)21(3)14-15-8-6-5-7-9-15;/h5-9H,4,10-14H2,1-3H3,(H2,18,19,20);1H. The van der Waals surface area contributed by atoms with Gasteiger partial charge in [-0.25, -0.2) is 0 Å². The number of nitrogens with one attached hydrogen (secondary N) is 2. The highest BCUT2D eigenvalue weighted by atomic mass is 127. The van der Waals surface area contributed by atoms with E-state index >= 15 is 0 Å². The zero-order chi connectivity index (χ0) is 16.9. The van der Waals surface area contributed by atoms with Gasteiger partial charge in [0, 0.05) is 46.8 Å². The van der Waals surface area contributed by atoms with Crippen LogP contribution in [0.3, 0.4) is 0 Å². The topological polar surface area (TPSA) is 66.0 Å². The van der Waals surface area contributed by atoms with Gasteiger partial charge in [0.1, 0.15) is 0 Å². The molecule has 1 aromatic rings. The average molecular weight is 448 g/mol. The number of rotatable bonds is 9. The molecule has 0 saturated carbocycles. The van der Waals surface area contributed by atoms with Crippen LogP contribution in [0.5, 0.6) is 0 Å². The lowest BCUT2D eigenvalue weighted by Gasteiger charge is -2.18. The van der Waals surface area contributed by atoms with Crippen LogP contribution in [0, 0.1) is 0 Å². The number of aliphatic imine (C=N–C) groups is 1. The molecule has 0 aliphatic carbocycles. The normalized spacial score (nSPS) is 10.7. The second-order valence-electron chi connectivity index (χ2n) is 5.11. The van der Waals surface area contributed by atoms with Crippen molar-refractivity contribution in [1.82, 2.24) is 15.5 Å². The van der Waals surface area contributed by atoms with Gasteiger partial charge in [0.05, 0.1) is 6.61 Å². The number of guanidine groups is 1. The first kappa shape index (κ1) is 22.6. The molecule has 0 aromatic heterocycles. The Kier molecular flexibility index (Phi) is 13.2. The van der Waals surface area contributed by atoms with Crippen LogP contribution in [-0.2, 0) is 16.1 Å². The van der Waals surface area contributed by atoms with Crippen molar-refractivity contribution < 1.29 is 9.53 Å². The summed E-state index contributed by atoms with van der Waals surface area (Å²) in [5.41, 5.74) is 1.13. The highest BCUT2D eigenvalue weighted by Gasteiger charge is 2.09. The maximum absolute atomic E-state index is 12.1. The van der Waals surface area contributed by atoms with Crippen molar-refractivity contribution in [3.05, 3.63) is 35.9 Å². The van der Waals surface area contributed by atoms with Crippen molar-refractivity contribution in [3.8, 4) is 0 Å². The van der Waals surface area contributed by atoms with Crippen LogP contribution in [-0.4, -0.2) is 57.2 Å². The lowest BCUT2D eigenvalue weighted by molar-refractivity contribution is -0.130. The maximum Gasteiger partial charge on any atom is 0.224 e. The monoisotopic (exact) mass is 448 g/mol. The van der Waals surface area contributed by atoms with Crippen molar-refractivity contribution in [3.63, 3.8) is 0 Å². The van der Waals surface area contributed by atoms with Crippen LogP contribution < -0.4 is 10.6 Å². The predicted octanol–water partition coefficient (Wildman–Crippen LogP) is 1.85. The molecule has 1 rings (SSSR count). The Hall–Kier alpha value is -1.35. The summed E-state index contributed by atoms with van der Waals surface area (Å²) >= 11 is 0. The summed E-state index contributed by atoms with van der Waals surface area (Å²) in [6.07, 6.45) is 0.426. The van der Waals surface area contributed by atoms with E-state index in [0.29, 0.717) is 45.2 Å². The molecule has 0 saturated heterocycles. The van der Waals surface area contributed by atoms with E-state index < -0.39 is 0 Å². The van der Waals surface area contributed by atoms with Crippen LogP contribution in [0.2, 0.25) is 0 Å². The number of amides is 1. The molecule has 136 valence electrons. The average Bonchev–Trinajstić information content (AvgIpc) is 2.57. The molecule has 0 aliphatic rings. The fourth-order valence-electron chi connectivity index (χ4n) is 2.03. The summed E-state index contributed by atoms with van der Waals surface area (Å²) < 4.78 is 5.25. The molecule has 0 atom stereocenters. The Bertz CT molecular complexity index is 483. The fourth-order valence-corrected chi connectivity index (χ4v) is 2.03. The molecule has 1 aromatic carbocycles. The molecular formula is C17H29IN4O2. The molecule has 0 spiro atoms. The van der Waals surface area contributed by atoms with Gasteiger partial charge in [0.2, 0.25) is 5.91 Å². The lowest BCUT2D eigenvalue weighted by atomic mass is 10.2. The van der Waals surface area contributed by atoms with Gasteiger partial charge in [-0.2, -0.15) is 0 Å². The SMILES string of the molecule is CCOCCNC(=NC)NCCC(=O)N(C)Cc1ccccc1.I. The Labute approximate surface area is 162 Å². The number of ether oxygens (including phenoxy) is 1. The summed E-state index contributed by atoms with van der Waals surface area (Å²) in [5.74, 6) is 0.786. The summed E-state index contributed by atoms with van der Waals surface area (Å²) in [6, 6.07) is 9.97. The first-order valence-electron chi connectivity index (χ1n) is 7.97. The zero-order valence-electron chi connectivity index (χ0n) is 14.7. The van der Waals surface area contributed by atoms with E-state index in [1.165, 1.54) is 0 Å². The van der Waals surface area contributed by atoms with E-state index in [1.807, 2.05) is 44.3 Å². The van der Waals surface area contributed by atoms with Gasteiger partial charge in [0.15, 0.2) is 5.96 Å². The highest BCUT2D eigenvalue weighted by Crippen LogP contribution is 2.03. The third-order valence-electron chi connectivity index (χ3n) is 3.29. The molecule has 0 radical (unpaired) electrons. The third kappa shape index (κ3) is 9.71. The Morgan fingerprint density at radius 1 is 1.21 bits per heavy atom. The van der Waals surface area contributed by atoms with Crippen LogP contribution in [0.1, 0.15) is 18.9 Å². The van der Waals surface area contributed by atoms with E-state index in [-0.39, 0.29) is 29.9 Å². The number of hydrogen-bond acceptors (Lipinski definition) is 3. The van der Waals surface area contributed by atoms with Gasteiger partial charge < -0.3 is 20.3 Å². The summed E-state index contributed by atoms with van der Waals surface area (Å²) in [4.78, 5) is 18.0. The molecule has 2 N–H and O–H groups in total. The minimum atomic E-state index is 0. The van der Waals surface area contributed by atoms with Gasteiger partial charge >= 0.3 is 0 Å². The van der Waals surface area contributed by atoms with Crippen LogP contribution in [0.25, 0.3) is 0 Å². The summed E-state index contributed by atoms with van der Waals surface area (Å²) in [5, 5.41) is 6.27.